The lowest BCUT2D eigenvalue weighted by Crippen LogP contribution is -2.21. The fourth-order valence-electron chi connectivity index (χ4n) is 1.26. The number of nitrogens with zero attached hydrogens (tertiary/aromatic N) is 2. The molecular weight excluding hydrogens is 212 g/mol. The van der Waals surface area contributed by atoms with Gasteiger partial charge in [-0.3, -0.25) is 10.00 Å². The van der Waals surface area contributed by atoms with Crippen molar-refractivity contribution >= 4 is 17.8 Å². The molecule has 0 fully saturated rings. The van der Waals surface area contributed by atoms with Gasteiger partial charge in [0.15, 0.2) is 5.82 Å². The number of primary amides is 1. The summed E-state index contributed by atoms with van der Waals surface area (Å²) in [5, 5.41) is 6.24. The first-order chi connectivity index (χ1) is 7.47. The van der Waals surface area contributed by atoms with Crippen LogP contribution in [0.1, 0.15) is 23.0 Å². The quantitative estimate of drug-likeness (QED) is 0.728. The number of anilines is 1. The number of nitrogens with one attached hydrogen (secondary N) is 1. The van der Waals surface area contributed by atoms with Crippen LogP contribution in [0.2, 0.25) is 0 Å². The Bertz CT molecular complexity index is 425. The van der Waals surface area contributed by atoms with Gasteiger partial charge in [0.25, 0.3) is 0 Å². The minimum absolute atomic E-state index is 0.117. The van der Waals surface area contributed by atoms with Gasteiger partial charge < -0.3 is 10.5 Å². The van der Waals surface area contributed by atoms with E-state index in [1.54, 1.807) is 20.9 Å². The van der Waals surface area contributed by atoms with Crippen molar-refractivity contribution in [2.24, 2.45) is 12.8 Å². The first kappa shape index (κ1) is 12.0. The Balaban J connectivity index is 3.13. The molecule has 1 aromatic rings. The Morgan fingerprint density at radius 3 is 2.69 bits per heavy atom. The van der Waals surface area contributed by atoms with Crippen LogP contribution in [0.25, 0.3) is 0 Å². The number of esters is 1. The highest BCUT2D eigenvalue weighted by Crippen LogP contribution is 2.18. The number of rotatable bonds is 3. The molecule has 0 aliphatic carbocycles. The highest BCUT2D eigenvalue weighted by atomic mass is 16.5. The van der Waals surface area contributed by atoms with Crippen LogP contribution in [0.3, 0.4) is 0 Å². The van der Waals surface area contributed by atoms with Crippen LogP contribution >= 0.6 is 0 Å². The van der Waals surface area contributed by atoms with Crippen molar-refractivity contribution in [1.82, 2.24) is 9.78 Å². The molecule has 7 heteroatoms. The molecule has 1 rings (SSSR count). The van der Waals surface area contributed by atoms with Crippen molar-refractivity contribution in [3.05, 3.63) is 11.3 Å². The van der Waals surface area contributed by atoms with E-state index in [-0.39, 0.29) is 18.0 Å². The minimum atomic E-state index is -0.774. The second-order valence-electron chi connectivity index (χ2n) is 3.14. The van der Waals surface area contributed by atoms with Crippen LogP contribution in [0, 0.1) is 6.92 Å². The van der Waals surface area contributed by atoms with Gasteiger partial charge in [-0.15, -0.1) is 0 Å². The number of hydrogen-bond donors (Lipinski definition) is 2. The van der Waals surface area contributed by atoms with Crippen molar-refractivity contribution in [1.29, 1.82) is 0 Å². The maximum absolute atomic E-state index is 11.6. The summed E-state index contributed by atoms with van der Waals surface area (Å²) in [5.74, 6) is -0.414. The topological polar surface area (TPSA) is 99.2 Å². The summed E-state index contributed by atoms with van der Waals surface area (Å²) in [4.78, 5) is 22.3. The number of ether oxygens (including phenoxy) is 1. The van der Waals surface area contributed by atoms with Gasteiger partial charge in [0, 0.05) is 7.05 Å². The lowest BCUT2D eigenvalue weighted by Gasteiger charge is -2.03. The summed E-state index contributed by atoms with van der Waals surface area (Å²) in [5.41, 5.74) is 5.80. The number of carbonyl (C=O) groups is 2. The SMILES string of the molecule is CCOC(=O)c1c(NC(N)=O)nn(C)c1C. The highest BCUT2D eigenvalue weighted by molar-refractivity contribution is 6.00. The highest BCUT2D eigenvalue weighted by Gasteiger charge is 2.21. The molecular formula is C9H14N4O3. The predicted octanol–water partition coefficient (Wildman–Crippen LogP) is 0.396. The first-order valence-electron chi connectivity index (χ1n) is 4.74. The Kier molecular flexibility index (Phi) is 3.49. The van der Waals surface area contributed by atoms with Crippen molar-refractivity contribution in [2.75, 3.05) is 11.9 Å². The Labute approximate surface area is 92.6 Å². The minimum Gasteiger partial charge on any atom is -0.462 e. The average molecular weight is 226 g/mol. The van der Waals surface area contributed by atoms with E-state index >= 15 is 0 Å². The summed E-state index contributed by atoms with van der Waals surface area (Å²) in [6.07, 6.45) is 0. The third kappa shape index (κ3) is 2.30. The standard InChI is InChI=1S/C9H14N4O3/c1-4-16-8(14)6-5(2)13(3)12-7(6)11-9(10)15/h4H2,1-3H3,(H3,10,11,12,15). The number of hydrogen-bond acceptors (Lipinski definition) is 4. The van der Waals surface area contributed by atoms with Gasteiger partial charge in [-0.2, -0.15) is 5.10 Å². The zero-order chi connectivity index (χ0) is 12.3. The number of carbonyl (C=O) groups excluding carboxylic acids is 2. The molecule has 2 amide bonds. The first-order valence-corrected chi connectivity index (χ1v) is 4.74. The van der Waals surface area contributed by atoms with E-state index in [1.807, 2.05) is 0 Å². The Morgan fingerprint density at radius 1 is 1.56 bits per heavy atom. The fraction of sp³-hybridized carbons (Fsp3) is 0.444. The largest absolute Gasteiger partial charge is 0.462 e. The monoisotopic (exact) mass is 226 g/mol. The summed E-state index contributed by atoms with van der Waals surface area (Å²) in [6, 6.07) is -0.774. The molecule has 0 unspecified atom stereocenters. The smallest absolute Gasteiger partial charge is 0.343 e. The molecule has 0 saturated heterocycles. The van der Waals surface area contributed by atoms with Crippen molar-refractivity contribution in [3.8, 4) is 0 Å². The predicted molar refractivity (Wildman–Crippen MR) is 57.1 cm³/mol. The van der Waals surface area contributed by atoms with Gasteiger partial charge in [-0.05, 0) is 13.8 Å². The van der Waals surface area contributed by atoms with Crippen LogP contribution in [0.15, 0.2) is 0 Å². The molecule has 7 nitrogen and oxygen atoms in total. The molecule has 0 radical (unpaired) electrons. The van der Waals surface area contributed by atoms with Crippen LogP contribution < -0.4 is 11.1 Å². The van der Waals surface area contributed by atoms with Gasteiger partial charge in [-0.25, -0.2) is 9.59 Å². The lowest BCUT2D eigenvalue weighted by atomic mass is 10.2. The van der Waals surface area contributed by atoms with Gasteiger partial charge in [-0.1, -0.05) is 0 Å². The van der Waals surface area contributed by atoms with Crippen molar-refractivity contribution < 1.29 is 14.3 Å². The molecule has 0 atom stereocenters. The molecule has 1 heterocycles. The molecule has 0 aliphatic heterocycles. The van der Waals surface area contributed by atoms with E-state index < -0.39 is 12.0 Å². The van der Waals surface area contributed by atoms with Crippen LogP contribution in [0.5, 0.6) is 0 Å². The molecule has 0 aliphatic rings. The number of urea groups is 1. The van der Waals surface area contributed by atoms with E-state index in [0.29, 0.717) is 5.69 Å². The Hall–Kier alpha value is -2.05. The number of amides is 2. The number of nitrogens with two attached hydrogens (primary N) is 1. The van der Waals surface area contributed by atoms with Crippen molar-refractivity contribution in [2.45, 2.75) is 13.8 Å². The Morgan fingerprint density at radius 2 is 2.19 bits per heavy atom. The second kappa shape index (κ2) is 4.65. The van der Waals surface area contributed by atoms with Crippen LogP contribution in [-0.4, -0.2) is 28.4 Å². The maximum atomic E-state index is 11.6. The van der Waals surface area contributed by atoms with Gasteiger partial charge in [0.05, 0.1) is 12.3 Å². The lowest BCUT2D eigenvalue weighted by molar-refractivity contribution is 0.0526. The molecule has 16 heavy (non-hydrogen) atoms. The zero-order valence-electron chi connectivity index (χ0n) is 9.40. The number of aromatic nitrogens is 2. The number of aryl methyl sites for hydroxylation is 1. The summed E-state index contributed by atoms with van der Waals surface area (Å²) < 4.78 is 6.33. The molecule has 0 saturated carbocycles. The van der Waals surface area contributed by atoms with E-state index in [1.165, 1.54) is 4.68 Å². The molecule has 88 valence electrons. The van der Waals surface area contributed by atoms with E-state index in [9.17, 15) is 9.59 Å². The third-order valence-corrected chi connectivity index (χ3v) is 2.06. The zero-order valence-corrected chi connectivity index (χ0v) is 9.40. The average Bonchev–Trinajstić information content (AvgIpc) is 2.41. The van der Waals surface area contributed by atoms with Gasteiger partial charge >= 0.3 is 12.0 Å². The fourth-order valence-corrected chi connectivity index (χ4v) is 1.26. The van der Waals surface area contributed by atoms with E-state index in [0.717, 1.165) is 0 Å². The van der Waals surface area contributed by atoms with E-state index in [2.05, 4.69) is 10.4 Å². The summed E-state index contributed by atoms with van der Waals surface area (Å²) >= 11 is 0. The molecule has 0 spiro atoms. The second-order valence-corrected chi connectivity index (χ2v) is 3.14. The summed E-state index contributed by atoms with van der Waals surface area (Å²) in [7, 11) is 1.66. The van der Waals surface area contributed by atoms with E-state index in [4.69, 9.17) is 10.5 Å². The van der Waals surface area contributed by atoms with Gasteiger partial charge in [0.1, 0.15) is 5.56 Å². The van der Waals surface area contributed by atoms with Crippen molar-refractivity contribution in [3.63, 3.8) is 0 Å². The third-order valence-electron chi connectivity index (χ3n) is 2.06. The van der Waals surface area contributed by atoms with Gasteiger partial charge in [0.2, 0.25) is 0 Å². The summed E-state index contributed by atoms with van der Waals surface area (Å²) in [6.45, 7) is 3.65. The van der Waals surface area contributed by atoms with Crippen LogP contribution in [-0.2, 0) is 11.8 Å². The molecule has 0 bridgehead atoms. The normalized spacial score (nSPS) is 9.94. The molecule has 1 aromatic heterocycles. The molecule has 3 N–H and O–H groups in total. The van der Waals surface area contributed by atoms with Crippen LogP contribution in [0.4, 0.5) is 10.6 Å². The molecule has 0 aromatic carbocycles. The maximum Gasteiger partial charge on any atom is 0.343 e.